The van der Waals surface area contributed by atoms with Crippen molar-refractivity contribution in [3.8, 4) is 5.75 Å². The van der Waals surface area contributed by atoms with Crippen molar-refractivity contribution < 1.29 is 5.11 Å². The number of rotatable bonds is 3. The SMILES string of the molecule is Cc1cc(O)cc(SCc2cccnc2Cl)n1. The van der Waals surface area contributed by atoms with Gasteiger partial charge in [-0.1, -0.05) is 17.7 Å². The Hall–Kier alpha value is -1.26. The summed E-state index contributed by atoms with van der Waals surface area (Å²) in [5.41, 5.74) is 1.76. The molecule has 0 bridgehead atoms. The fourth-order valence-electron chi connectivity index (χ4n) is 1.37. The lowest BCUT2D eigenvalue weighted by Gasteiger charge is -2.04. The molecule has 2 aromatic rings. The molecular weight excluding hydrogens is 256 g/mol. The van der Waals surface area contributed by atoms with Gasteiger partial charge in [0.05, 0.1) is 0 Å². The molecule has 0 aliphatic heterocycles. The van der Waals surface area contributed by atoms with Gasteiger partial charge in [-0.3, -0.25) is 0 Å². The maximum Gasteiger partial charge on any atom is 0.133 e. The molecule has 17 heavy (non-hydrogen) atoms. The zero-order valence-electron chi connectivity index (χ0n) is 9.22. The van der Waals surface area contributed by atoms with Crippen molar-refractivity contribution in [2.24, 2.45) is 0 Å². The van der Waals surface area contributed by atoms with Crippen LogP contribution in [0, 0.1) is 6.92 Å². The molecule has 2 aromatic heterocycles. The van der Waals surface area contributed by atoms with Crippen LogP contribution in [0.2, 0.25) is 5.15 Å². The van der Waals surface area contributed by atoms with E-state index in [1.54, 1.807) is 18.3 Å². The minimum atomic E-state index is 0.234. The predicted octanol–water partition coefficient (Wildman–Crippen LogP) is 3.44. The van der Waals surface area contributed by atoms with Crippen LogP contribution in [-0.2, 0) is 5.75 Å². The number of hydrogen-bond donors (Lipinski definition) is 1. The number of aromatic nitrogens is 2. The van der Waals surface area contributed by atoms with Gasteiger partial charge in [-0.2, -0.15) is 0 Å². The normalized spacial score (nSPS) is 10.5. The third-order valence-corrected chi connectivity index (χ3v) is 3.43. The number of aromatic hydroxyl groups is 1. The Bertz CT molecular complexity index is 513. The van der Waals surface area contributed by atoms with Crippen LogP contribution in [0.25, 0.3) is 0 Å². The molecule has 0 radical (unpaired) electrons. The van der Waals surface area contributed by atoms with E-state index >= 15 is 0 Å². The lowest BCUT2D eigenvalue weighted by molar-refractivity contribution is 0.471. The van der Waals surface area contributed by atoms with E-state index in [1.807, 2.05) is 19.1 Å². The highest BCUT2D eigenvalue weighted by Crippen LogP contribution is 2.26. The molecular formula is C12H11ClN2OS. The first-order valence-corrected chi connectivity index (χ1v) is 6.41. The summed E-state index contributed by atoms with van der Waals surface area (Å²) in [4.78, 5) is 8.33. The summed E-state index contributed by atoms with van der Waals surface area (Å²) in [6.45, 7) is 1.85. The van der Waals surface area contributed by atoms with Crippen LogP contribution in [0.4, 0.5) is 0 Å². The van der Waals surface area contributed by atoms with Crippen molar-refractivity contribution in [3.63, 3.8) is 0 Å². The predicted molar refractivity (Wildman–Crippen MR) is 69.4 cm³/mol. The average Bonchev–Trinajstić information content (AvgIpc) is 2.27. The smallest absolute Gasteiger partial charge is 0.133 e. The number of pyridine rings is 2. The van der Waals surface area contributed by atoms with Gasteiger partial charge in [-0.25, -0.2) is 9.97 Å². The minimum absolute atomic E-state index is 0.234. The molecule has 0 aliphatic carbocycles. The van der Waals surface area contributed by atoms with Gasteiger partial charge in [0.1, 0.15) is 15.9 Å². The van der Waals surface area contributed by atoms with Crippen LogP contribution in [0.1, 0.15) is 11.3 Å². The maximum absolute atomic E-state index is 9.45. The Morgan fingerprint density at radius 2 is 2.24 bits per heavy atom. The monoisotopic (exact) mass is 266 g/mol. The van der Waals surface area contributed by atoms with Gasteiger partial charge >= 0.3 is 0 Å². The molecule has 0 aromatic carbocycles. The van der Waals surface area contributed by atoms with E-state index < -0.39 is 0 Å². The summed E-state index contributed by atoms with van der Waals surface area (Å²) in [6.07, 6.45) is 1.66. The molecule has 0 atom stereocenters. The molecule has 0 amide bonds. The van der Waals surface area contributed by atoms with Gasteiger partial charge in [0.25, 0.3) is 0 Å². The van der Waals surface area contributed by atoms with Gasteiger partial charge in [0, 0.05) is 29.8 Å². The molecule has 88 valence electrons. The van der Waals surface area contributed by atoms with Crippen molar-refractivity contribution in [1.29, 1.82) is 0 Å². The fourth-order valence-corrected chi connectivity index (χ4v) is 2.59. The molecule has 0 spiro atoms. The second-order valence-electron chi connectivity index (χ2n) is 3.55. The highest BCUT2D eigenvalue weighted by molar-refractivity contribution is 7.98. The molecule has 2 rings (SSSR count). The first kappa shape index (κ1) is 12.2. The molecule has 0 saturated heterocycles. The summed E-state index contributed by atoms with van der Waals surface area (Å²) < 4.78 is 0. The molecule has 1 N–H and O–H groups in total. The summed E-state index contributed by atoms with van der Waals surface area (Å²) in [6, 6.07) is 7.05. The van der Waals surface area contributed by atoms with Crippen LogP contribution in [-0.4, -0.2) is 15.1 Å². The lowest BCUT2D eigenvalue weighted by atomic mass is 10.3. The highest BCUT2D eigenvalue weighted by atomic mass is 35.5. The van der Waals surface area contributed by atoms with Gasteiger partial charge < -0.3 is 5.11 Å². The number of nitrogens with zero attached hydrogens (tertiary/aromatic N) is 2. The van der Waals surface area contributed by atoms with Crippen molar-refractivity contribution >= 4 is 23.4 Å². The van der Waals surface area contributed by atoms with E-state index in [9.17, 15) is 5.11 Å². The third-order valence-electron chi connectivity index (χ3n) is 2.13. The Morgan fingerprint density at radius 1 is 1.41 bits per heavy atom. The zero-order valence-corrected chi connectivity index (χ0v) is 10.8. The summed E-state index contributed by atoms with van der Waals surface area (Å²) in [5, 5.41) is 10.7. The topological polar surface area (TPSA) is 46.0 Å². The first-order chi connectivity index (χ1) is 8.15. The number of hydrogen-bond acceptors (Lipinski definition) is 4. The van der Waals surface area contributed by atoms with Crippen molar-refractivity contribution in [1.82, 2.24) is 9.97 Å². The van der Waals surface area contributed by atoms with Gasteiger partial charge in [-0.05, 0) is 18.6 Å². The summed E-state index contributed by atoms with van der Waals surface area (Å²) >= 11 is 7.48. The lowest BCUT2D eigenvalue weighted by Crippen LogP contribution is -1.88. The second-order valence-corrected chi connectivity index (χ2v) is 4.90. The van der Waals surface area contributed by atoms with Crippen LogP contribution in [0.15, 0.2) is 35.5 Å². The molecule has 0 saturated carbocycles. The molecule has 0 aliphatic rings. The average molecular weight is 267 g/mol. The molecule has 0 unspecified atom stereocenters. The molecule has 3 nitrogen and oxygen atoms in total. The van der Waals surface area contributed by atoms with Gasteiger partial charge in [0.2, 0.25) is 0 Å². The van der Waals surface area contributed by atoms with E-state index in [0.717, 1.165) is 16.3 Å². The van der Waals surface area contributed by atoms with Crippen molar-refractivity contribution in [2.75, 3.05) is 0 Å². The quantitative estimate of drug-likeness (QED) is 0.683. The Kier molecular flexibility index (Phi) is 3.86. The van der Waals surface area contributed by atoms with E-state index in [1.165, 1.54) is 11.8 Å². The largest absolute Gasteiger partial charge is 0.508 e. The Morgan fingerprint density at radius 3 is 2.94 bits per heavy atom. The highest BCUT2D eigenvalue weighted by Gasteiger charge is 2.04. The van der Waals surface area contributed by atoms with E-state index in [0.29, 0.717) is 10.9 Å². The van der Waals surface area contributed by atoms with Gasteiger partial charge in [0.15, 0.2) is 0 Å². The van der Waals surface area contributed by atoms with Crippen LogP contribution >= 0.6 is 23.4 Å². The van der Waals surface area contributed by atoms with Crippen molar-refractivity contribution in [2.45, 2.75) is 17.7 Å². The number of thioether (sulfide) groups is 1. The Balaban J connectivity index is 2.10. The van der Waals surface area contributed by atoms with Crippen LogP contribution < -0.4 is 0 Å². The number of aryl methyl sites for hydroxylation is 1. The fraction of sp³-hybridized carbons (Fsp3) is 0.167. The van der Waals surface area contributed by atoms with Crippen molar-refractivity contribution in [3.05, 3.63) is 46.9 Å². The zero-order chi connectivity index (χ0) is 12.3. The standard InChI is InChI=1S/C12H11ClN2OS/c1-8-5-10(16)6-11(15-8)17-7-9-3-2-4-14-12(9)13/h2-6H,7H2,1H3,(H,15,16). The second kappa shape index (κ2) is 5.38. The van der Waals surface area contributed by atoms with E-state index in [-0.39, 0.29) is 5.75 Å². The van der Waals surface area contributed by atoms with Gasteiger partial charge in [-0.15, -0.1) is 11.8 Å². The van der Waals surface area contributed by atoms with E-state index in [4.69, 9.17) is 11.6 Å². The minimum Gasteiger partial charge on any atom is -0.508 e. The first-order valence-electron chi connectivity index (χ1n) is 5.05. The van der Waals surface area contributed by atoms with Crippen LogP contribution in [0.5, 0.6) is 5.75 Å². The third kappa shape index (κ3) is 3.35. The summed E-state index contributed by atoms with van der Waals surface area (Å²) in [5.74, 6) is 0.917. The molecule has 5 heteroatoms. The van der Waals surface area contributed by atoms with E-state index in [2.05, 4.69) is 9.97 Å². The van der Waals surface area contributed by atoms with Crippen LogP contribution in [0.3, 0.4) is 0 Å². The molecule has 2 heterocycles. The summed E-state index contributed by atoms with van der Waals surface area (Å²) in [7, 11) is 0. The molecule has 0 fully saturated rings. The Labute approximate surface area is 109 Å². The maximum atomic E-state index is 9.45. The number of halogens is 1.